The number of hydrogen-bond donors (Lipinski definition) is 1. The van der Waals surface area contributed by atoms with Crippen LogP contribution in [0.5, 0.6) is 0 Å². The fraction of sp³-hybridized carbons (Fsp3) is 0.538. The zero-order chi connectivity index (χ0) is 13.9. The Bertz CT molecular complexity index is 518. The predicted octanol–water partition coefficient (Wildman–Crippen LogP) is 3.43. The van der Waals surface area contributed by atoms with Crippen molar-refractivity contribution in [3.05, 3.63) is 29.3 Å². The molecule has 0 aromatic heterocycles. The van der Waals surface area contributed by atoms with Gasteiger partial charge in [0.1, 0.15) is 0 Å². The zero-order valence-corrected chi connectivity index (χ0v) is 13.6. The zero-order valence-electron chi connectivity index (χ0n) is 10.5. The van der Waals surface area contributed by atoms with Crippen molar-refractivity contribution in [2.24, 2.45) is 11.8 Å². The lowest BCUT2D eigenvalue weighted by atomic mass is 9.99. The van der Waals surface area contributed by atoms with E-state index in [0.29, 0.717) is 23.4 Å². The van der Waals surface area contributed by atoms with Gasteiger partial charge in [-0.25, -0.2) is 13.1 Å². The highest BCUT2D eigenvalue weighted by Gasteiger charge is 2.27. The lowest BCUT2D eigenvalue weighted by Gasteiger charge is -2.17. The highest BCUT2D eigenvalue weighted by Crippen LogP contribution is 2.32. The smallest absolute Gasteiger partial charge is 0.211 e. The van der Waals surface area contributed by atoms with Crippen LogP contribution in [0, 0.1) is 11.8 Å². The summed E-state index contributed by atoms with van der Waals surface area (Å²) in [5, 5.41) is 1.48. The summed E-state index contributed by atoms with van der Waals surface area (Å²) in [6, 6.07) is 6.24. The first-order valence-electron chi connectivity index (χ1n) is 6.34. The van der Waals surface area contributed by atoms with E-state index in [1.54, 1.807) is 12.1 Å². The van der Waals surface area contributed by atoms with Crippen LogP contribution in [0.15, 0.2) is 29.2 Å². The highest BCUT2D eigenvalue weighted by molar-refractivity contribution is 9.09. The van der Waals surface area contributed by atoms with E-state index in [2.05, 4.69) is 20.7 Å². The molecule has 1 aliphatic carbocycles. The average molecular weight is 367 g/mol. The Morgan fingerprint density at radius 2 is 1.84 bits per heavy atom. The minimum atomic E-state index is -3.42. The van der Waals surface area contributed by atoms with Crippen molar-refractivity contribution >= 4 is 37.6 Å². The molecule has 106 valence electrons. The Morgan fingerprint density at radius 3 is 2.47 bits per heavy atom. The number of nitrogens with one attached hydrogen (secondary N) is 1. The van der Waals surface area contributed by atoms with E-state index in [0.717, 1.165) is 11.8 Å². The second-order valence-corrected chi connectivity index (χ2v) is 7.76. The molecule has 3 nitrogen and oxygen atoms in total. The average Bonchev–Trinajstić information content (AvgIpc) is 2.84. The maximum atomic E-state index is 12.1. The summed E-state index contributed by atoms with van der Waals surface area (Å²) < 4.78 is 27.0. The van der Waals surface area contributed by atoms with Crippen LogP contribution in [0.4, 0.5) is 0 Å². The molecule has 6 heteroatoms. The Labute approximate surface area is 127 Å². The van der Waals surface area contributed by atoms with E-state index in [-0.39, 0.29) is 4.90 Å². The Kier molecular flexibility index (Phi) is 5.29. The van der Waals surface area contributed by atoms with E-state index in [1.807, 2.05) is 0 Å². The maximum absolute atomic E-state index is 12.1. The second kappa shape index (κ2) is 6.57. The summed E-state index contributed by atoms with van der Waals surface area (Å²) >= 11 is 9.26. The normalized spacial score (nSPS) is 23.7. The summed E-state index contributed by atoms with van der Waals surface area (Å²) in [6.07, 6.45) is 3.46. The number of alkyl halides is 1. The molecule has 1 aliphatic rings. The fourth-order valence-corrected chi connectivity index (χ4v) is 4.57. The molecular formula is C13H17BrClNO2S. The third-order valence-electron chi connectivity index (χ3n) is 3.67. The summed E-state index contributed by atoms with van der Waals surface area (Å²) in [6.45, 7) is 0.515. The first-order chi connectivity index (χ1) is 9.03. The molecule has 2 unspecified atom stereocenters. The van der Waals surface area contributed by atoms with E-state index in [1.165, 1.54) is 25.0 Å². The molecule has 1 aromatic rings. The van der Waals surface area contributed by atoms with Crippen molar-refractivity contribution in [3.8, 4) is 0 Å². The lowest BCUT2D eigenvalue weighted by molar-refractivity contribution is 0.422. The van der Waals surface area contributed by atoms with E-state index in [9.17, 15) is 8.42 Å². The summed E-state index contributed by atoms with van der Waals surface area (Å²) in [7, 11) is -3.42. The van der Waals surface area contributed by atoms with Crippen LogP contribution in [-0.4, -0.2) is 20.3 Å². The molecule has 1 N–H and O–H groups in total. The van der Waals surface area contributed by atoms with E-state index >= 15 is 0 Å². The second-order valence-electron chi connectivity index (χ2n) is 4.91. The molecule has 0 radical (unpaired) electrons. The van der Waals surface area contributed by atoms with Crippen LogP contribution < -0.4 is 4.72 Å². The molecule has 2 atom stereocenters. The number of sulfonamides is 1. The number of halogens is 2. The van der Waals surface area contributed by atoms with Crippen LogP contribution in [0.25, 0.3) is 0 Å². The molecule has 0 bridgehead atoms. The van der Waals surface area contributed by atoms with Gasteiger partial charge in [-0.1, -0.05) is 34.0 Å². The predicted molar refractivity (Wildman–Crippen MR) is 81.3 cm³/mol. The largest absolute Gasteiger partial charge is 0.240 e. The molecular weight excluding hydrogens is 350 g/mol. The van der Waals surface area contributed by atoms with Crippen LogP contribution in [0.3, 0.4) is 0 Å². The Hall–Kier alpha value is -0.100. The topological polar surface area (TPSA) is 46.2 Å². The van der Waals surface area contributed by atoms with Crippen LogP contribution in [-0.2, 0) is 10.0 Å². The maximum Gasteiger partial charge on any atom is 0.240 e. The van der Waals surface area contributed by atoms with Crippen LogP contribution >= 0.6 is 27.5 Å². The van der Waals surface area contributed by atoms with Gasteiger partial charge in [0, 0.05) is 16.9 Å². The van der Waals surface area contributed by atoms with E-state index in [4.69, 9.17) is 11.6 Å². The first kappa shape index (κ1) is 15.3. The summed E-state index contributed by atoms with van der Waals surface area (Å²) in [5.74, 6) is 1.01. The molecule has 0 saturated heterocycles. The van der Waals surface area contributed by atoms with Crippen molar-refractivity contribution in [2.75, 3.05) is 11.9 Å². The van der Waals surface area contributed by atoms with Gasteiger partial charge >= 0.3 is 0 Å². The summed E-state index contributed by atoms with van der Waals surface area (Å²) in [5.41, 5.74) is 0. The first-order valence-corrected chi connectivity index (χ1v) is 9.32. The monoisotopic (exact) mass is 365 g/mol. The van der Waals surface area contributed by atoms with Gasteiger partial charge in [-0.05, 0) is 48.9 Å². The van der Waals surface area contributed by atoms with Crippen molar-refractivity contribution in [3.63, 3.8) is 0 Å². The fourth-order valence-electron chi connectivity index (χ4n) is 2.50. The van der Waals surface area contributed by atoms with Crippen molar-refractivity contribution in [1.82, 2.24) is 4.72 Å². The van der Waals surface area contributed by atoms with Gasteiger partial charge in [0.2, 0.25) is 10.0 Å². The van der Waals surface area contributed by atoms with Gasteiger partial charge in [-0.2, -0.15) is 0 Å². The van der Waals surface area contributed by atoms with E-state index < -0.39 is 10.0 Å². The molecule has 2 rings (SSSR count). The standard InChI is InChI=1S/C13H17BrClNO2S/c14-8-10-2-1-3-11(10)9-16-19(17,18)13-6-4-12(15)5-7-13/h4-7,10-11,16H,1-3,8-9H2. The SMILES string of the molecule is O=S(=O)(NCC1CCCC1CBr)c1ccc(Cl)cc1. The van der Waals surface area contributed by atoms with Crippen molar-refractivity contribution < 1.29 is 8.42 Å². The molecule has 1 saturated carbocycles. The van der Waals surface area contributed by atoms with Gasteiger partial charge in [0.25, 0.3) is 0 Å². The number of benzene rings is 1. The van der Waals surface area contributed by atoms with Crippen molar-refractivity contribution in [1.29, 1.82) is 0 Å². The van der Waals surface area contributed by atoms with Crippen molar-refractivity contribution in [2.45, 2.75) is 24.2 Å². The molecule has 0 spiro atoms. The van der Waals surface area contributed by atoms with Gasteiger partial charge in [0.05, 0.1) is 4.90 Å². The number of rotatable bonds is 5. The van der Waals surface area contributed by atoms with Crippen LogP contribution in [0.1, 0.15) is 19.3 Å². The molecule has 1 fully saturated rings. The quantitative estimate of drug-likeness (QED) is 0.812. The van der Waals surface area contributed by atoms with Gasteiger partial charge in [-0.3, -0.25) is 0 Å². The van der Waals surface area contributed by atoms with Crippen LogP contribution in [0.2, 0.25) is 5.02 Å². The summed E-state index contributed by atoms with van der Waals surface area (Å²) in [4.78, 5) is 0.269. The van der Waals surface area contributed by atoms with Gasteiger partial charge in [-0.15, -0.1) is 0 Å². The molecule has 0 heterocycles. The Balaban J connectivity index is 2.00. The Morgan fingerprint density at radius 1 is 1.21 bits per heavy atom. The highest BCUT2D eigenvalue weighted by atomic mass is 79.9. The molecule has 19 heavy (non-hydrogen) atoms. The number of hydrogen-bond acceptors (Lipinski definition) is 2. The van der Waals surface area contributed by atoms with Gasteiger partial charge < -0.3 is 0 Å². The minimum Gasteiger partial charge on any atom is -0.211 e. The third kappa shape index (κ3) is 3.94. The molecule has 1 aromatic carbocycles. The third-order valence-corrected chi connectivity index (χ3v) is 6.20. The minimum absolute atomic E-state index is 0.269. The molecule has 0 amide bonds. The molecule has 0 aliphatic heterocycles. The van der Waals surface area contributed by atoms with Gasteiger partial charge in [0.15, 0.2) is 0 Å². The lowest BCUT2D eigenvalue weighted by Crippen LogP contribution is -2.31.